The average Bonchev–Trinajstić information content (AvgIpc) is 2.41. The topological polar surface area (TPSA) is 53.6 Å². The summed E-state index contributed by atoms with van der Waals surface area (Å²) in [7, 11) is 0. The number of carbonyl (C=O) groups excluding carboxylic acids is 1. The van der Waals surface area contributed by atoms with E-state index in [-0.39, 0.29) is 5.91 Å². The molecular weight excluding hydrogens is 230 g/mol. The lowest BCUT2D eigenvalue weighted by molar-refractivity contribution is 0.0126. The zero-order valence-corrected chi connectivity index (χ0v) is 10.6. The Morgan fingerprint density at radius 3 is 2.56 bits per heavy atom. The molecule has 0 unspecified atom stereocenters. The van der Waals surface area contributed by atoms with Crippen LogP contribution < -0.4 is 10.7 Å². The minimum absolute atomic E-state index is 0.0695. The molecule has 1 saturated heterocycles. The largest absolute Gasteiger partial charge is 0.385 e. The summed E-state index contributed by atoms with van der Waals surface area (Å²) >= 11 is 0. The lowest BCUT2D eigenvalue weighted by atomic mass is 10.2. The van der Waals surface area contributed by atoms with Gasteiger partial charge in [0.2, 0.25) is 0 Å². The van der Waals surface area contributed by atoms with E-state index in [0.29, 0.717) is 18.8 Å². The second-order valence-corrected chi connectivity index (χ2v) is 4.15. The van der Waals surface area contributed by atoms with Crippen molar-refractivity contribution < 1.29 is 9.53 Å². The SMILES string of the molecule is CCNc1ccc(C(=O)NN2CCOCC2)cc1. The molecule has 18 heavy (non-hydrogen) atoms. The molecule has 5 nitrogen and oxygen atoms in total. The molecule has 0 bridgehead atoms. The maximum atomic E-state index is 12.0. The van der Waals surface area contributed by atoms with Gasteiger partial charge in [0.1, 0.15) is 0 Å². The fourth-order valence-corrected chi connectivity index (χ4v) is 1.83. The van der Waals surface area contributed by atoms with Crippen molar-refractivity contribution in [1.29, 1.82) is 0 Å². The number of hydrogen-bond donors (Lipinski definition) is 2. The highest BCUT2D eigenvalue weighted by Crippen LogP contribution is 2.09. The molecular formula is C13H19N3O2. The summed E-state index contributed by atoms with van der Waals surface area (Å²) in [5.41, 5.74) is 4.58. The number of rotatable bonds is 4. The van der Waals surface area contributed by atoms with Gasteiger partial charge in [-0.1, -0.05) is 0 Å². The normalized spacial score (nSPS) is 16.3. The molecule has 0 aliphatic carbocycles. The van der Waals surface area contributed by atoms with Gasteiger partial charge in [0.25, 0.3) is 5.91 Å². The lowest BCUT2D eigenvalue weighted by Crippen LogP contribution is -2.48. The van der Waals surface area contributed by atoms with E-state index in [9.17, 15) is 4.79 Å². The third kappa shape index (κ3) is 3.45. The molecule has 1 aromatic rings. The fraction of sp³-hybridized carbons (Fsp3) is 0.462. The number of carbonyl (C=O) groups is 1. The smallest absolute Gasteiger partial charge is 0.265 e. The number of anilines is 1. The Balaban J connectivity index is 1.91. The van der Waals surface area contributed by atoms with Gasteiger partial charge in [0, 0.05) is 30.9 Å². The van der Waals surface area contributed by atoms with Gasteiger partial charge in [-0.3, -0.25) is 10.2 Å². The fourth-order valence-electron chi connectivity index (χ4n) is 1.83. The Morgan fingerprint density at radius 2 is 1.94 bits per heavy atom. The number of ether oxygens (including phenoxy) is 1. The number of benzene rings is 1. The van der Waals surface area contributed by atoms with E-state index >= 15 is 0 Å². The Bertz CT molecular complexity index is 386. The van der Waals surface area contributed by atoms with Crippen LogP contribution in [0.4, 0.5) is 5.69 Å². The van der Waals surface area contributed by atoms with Crippen molar-refractivity contribution in [3.63, 3.8) is 0 Å². The van der Waals surface area contributed by atoms with Crippen LogP contribution in [0.3, 0.4) is 0 Å². The van der Waals surface area contributed by atoms with E-state index in [1.165, 1.54) is 0 Å². The Hall–Kier alpha value is -1.59. The number of nitrogens with zero attached hydrogens (tertiary/aromatic N) is 1. The summed E-state index contributed by atoms with van der Waals surface area (Å²) in [5, 5.41) is 5.09. The van der Waals surface area contributed by atoms with Crippen molar-refractivity contribution in [3.8, 4) is 0 Å². The molecule has 0 spiro atoms. The Morgan fingerprint density at radius 1 is 1.28 bits per heavy atom. The number of nitrogens with one attached hydrogen (secondary N) is 2. The van der Waals surface area contributed by atoms with Gasteiger partial charge < -0.3 is 10.1 Å². The van der Waals surface area contributed by atoms with Crippen LogP contribution >= 0.6 is 0 Å². The molecule has 2 N–H and O–H groups in total. The van der Waals surface area contributed by atoms with Crippen LogP contribution in [0, 0.1) is 0 Å². The van der Waals surface area contributed by atoms with Gasteiger partial charge in [0.15, 0.2) is 0 Å². The van der Waals surface area contributed by atoms with Gasteiger partial charge in [-0.25, -0.2) is 5.01 Å². The number of morpholine rings is 1. The third-order valence-electron chi connectivity index (χ3n) is 2.80. The summed E-state index contributed by atoms with van der Waals surface area (Å²) in [6.45, 7) is 5.72. The molecule has 0 atom stereocenters. The third-order valence-corrected chi connectivity index (χ3v) is 2.80. The molecule has 98 valence electrons. The summed E-state index contributed by atoms with van der Waals surface area (Å²) in [4.78, 5) is 12.0. The molecule has 1 aliphatic heterocycles. The van der Waals surface area contributed by atoms with E-state index in [1.807, 2.05) is 36.2 Å². The van der Waals surface area contributed by atoms with E-state index < -0.39 is 0 Å². The molecule has 0 saturated carbocycles. The van der Waals surface area contributed by atoms with Gasteiger partial charge in [-0.2, -0.15) is 0 Å². The van der Waals surface area contributed by atoms with E-state index in [4.69, 9.17) is 4.74 Å². The lowest BCUT2D eigenvalue weighted by Gasteiger charge is -2.26. The minimum Gasteiger partial charge on any atom is -0.385 e. The van der Waals surface area contributed by atoms with Crippen LogP contribution in [0.2, 0.25) is 0 Å². The van der Waals surface area contributed by atoms with Crippen molar-refractivity contribution >= 4 is 11.6 Å². The van der Waals surface area contributed by atoms with Crippen LogP contribution in [0.5, 0.6) is 0 Å². The quantitative estimate of drug-likeness (QED) is 0.839. The summed E-state index contributed by atoms with van der Waals surface area (Å²) < 4.78 is 5.23. The van der Waals surface area contributed by atoms with Crippen LogP contribution in [0.15, 0.2) is 24.3 Å². The first-order valence-electron chi connectivity index (χ1n) is 6.27. The molecule has 1 amide bonds. The standard InChI is InChI=1S/C13H19N3O2/c1-2-14-12-5-3-11(4-6-12)13(17)15-16-7-9-18-10-8-16/h3-6,14H,2,7-10H2,1H3,(H,15,17). The maximum absolute atomic E-state index is 12.0. The van der Waals surface area contributed by atoms with Crippen molar-refractivity contribution in [3.05, 3.63) is 29.8 Å². The molecule has 1 heterocycles. The predicted molar refractivity (Wildman–Crippen MR) is 70.5 cm³/mol. The average molecular weight is 249 g/mol. The molecule has 1 aromatic carbocycles. The van der Waals surface area contributed by atoms with Crippen LogP contribution in [0.1, 0.15) is 17.3 Å². The van der Waals surface area contributed by atoms with Crippen LogP contribution in [-0.2, 0) is 4.74 Å². The first kappa shape index (κ1) is 12.9. The van der Waals surface area contributed by atoms with Crippen molar-refractivity contribution in [2.24, 2.45) is 0 Å². The van der Waals surface area contributed by atoms with Crippen LogP contribution in [0.25, 0.3) is 0 Å². The van der Waals surface area contributed by atoms with Crippen molar-refractivity contribution in [2.45, 2.75) is 6.92 Å². The first-order chi connectivity index (χ1) is 8.79. The van der Waals surface area contributed by atoms with Crippen molar-refractivity contribution in [1.82, 2.24) is 10.4 Å². The highest BCUT2D eigenvalue weighted by Gasteiger charge is 2.13. The Labute approximate surface area is 107 Å². The number of hydrazine groups is 1. The minimum atomic E-state index is -0.0695. The monoisotopic (exact) mass is 249 g/mol. The molecule has 0 aromatic heterocycles. The summed E-state index contributed by atoms with van der Waals surface area (Å²) in [6, 6.07) is 7.48. The van der Waals surface area contributed by atoms with E-state index in [0.717, 1.165) is 25.3 Å². The molecule has 5 heteroatoms. The van der Waals surface area contributed by atoms with Gasteiger partial charge in [-0.05, 0) is 31.2 Å². The number of hydrogen-bond acceptors (Lipinski definition) is 4. The van der Waals surface area contributed by atoms with Crippen LogP contribution in [-0.4, -0.2) is 43.8 Å². The Kier molecular flexibility index (Phi) is 4.55. The highest BCUT2D eigenvalue weighted by molar-refractivity contribution is 5.94. The molecule has 0 radical (unpaired) electrons. The molecule has 2 rings (SSSR count). The zero-order valence-electron chi connectivity index (χ0n) is 10.6. The summed E-state index contributed by atoms with van der Waals surface area (Å²) in [5.74, 6) is -0.0695. The van der Waals surface area contributed by atoms with Crippen molar-refractivity contribution in [2.75, 3.05) is 38.2 Å². The first-order valence-corrected chi connectivity index (χ1v) is 6.27. The summed E-state index contributed by atoms with van der Waals surface area (Å²) in [6.07, 6.45) is 0. The second kappa shape index (κ2) is 6.37. The highest BCUT2D eigenvalue weighted by atomic mass is 16.5. The van der Waals surface area contributed by atoms with Gasteiger partial charge >= 0.3 is 0 Å². The van der Waals surface area contributed by atoms with E-state index in [1.54, 1.807) is 0 Å². The second-order valence-electron chi connectivity index (χ2n) is 4.15. The molecule has 1 fully saturated rings. The predicted octanol–water partition coefficient (Wildman–Crippen LogP) is 1.10. The number of amides is 1. The van der Waals surface area contributed by atoms with Gasteiger partial charge in [-0.15, -0.1) is 0 Å². The maximum Gasteiger partial charge on any atom is 0.265 e. The zero-order chi connectivity index (χ0) is 12.8. The van der Waals surface area contributed by atoms with E-state index in [2.05, 4.69) is 10.7 Å². The van der Waals surface area contributed by atoms with Gasteiger partial charge in [0.05, 0.1) is 13.2 Å². The molecule has 1 aliphatic rings.